The molecule has 0 aliphatic rings. The van der Waals surface area contributed by atoms with Crippen LogP contribution in [0.25, 0.3) is 5.69 Å². The average Bonchev–Trinajstić information content (AvgIpc) is 3.05. The maximum atomic E-state index is 12.9. The van der Waals surface area contributed by atoms with Crippen LogP contribution in [0.5, 0.6) is 0 Å². The average molecular weight is 330 g/mol. The third kappa shape index (κ3) is 3.76. The molecule has 1 aromatic heterocycles. The Morgan fingerprint density at radius 1 is 1.13 bits per heavy atom. The van der Waals surface area contributed by atoms with E-state index < -0.39 is 0 Å². The quantitative estimate of drug-likeness (QED) is 0.795. The van der Waals surface area contributed by atoms with E-state index in [0.717, 1.165) is 5.56 Å². The van der Waals surface area contributed by atoms with Crippen molar-refractivity contribution >= 4 is 17.5 Å². The number of carbonyl (C=O) groups is 1. The molecule has 0 spiro atoms. The summed E-state index contributed by atoms with van der Waals surface area (Å²) in [4.78, 5) is 12.1. The van der Waals surface area contributed by atoms with Gasteiger partial charge in [-0.15, -0.1) is 0 Å². The van der Waals surface area contributed by atoms with Crippen LogP contribution < -0.4 is 5.32 Å². The fraction of sp³-hybridized carbons (Fsp3) is 0.0588. The van der Waals surface area contributed by atoms with Crippen molar-refractivity contribution in [2.75, 3.05) is 0 Å². The molecule has 0 radical (unpaired) electrons. The van der Waals surface area contributed by atoms with Gasteiger partial charge in [-0.3, -0.25) is 4.79 Å². The summed E-state index contributed by atoms with van der Waals surface area (Å²) < 4.78 is 14.4. The van der Waals surface area contributed by atoms with Crippen molar-refractivity contribution in [2.24, 2.45) is 0 Å². The van der Waals surface area contributed by atoms with Crippen molar-refractivity contribution in [2.45, 2.75) is 6.54 Å². The van der Waals surface area contributed by atoms with Crippen molar-refractivity contribution in [1.82, 2.24) is 15.1 Å². The fourth-order valence-electron chi connectivity index (χ4n) is 2.06. The van der Waals surface area contributed by atoms with Crippen LogP contribution in [0.2, 0.25) is 5.02 Å². The molecule has 2 aromatic carbocycles. The monoisotopic (exact) mass is 329 g/mol. The van der Waals surface area contributed by atoms with Crippen LogP contribution in [-0.2, 0) is 6.54 Å². The topological polar surface area (TPSA) is 46.9 Å². The van der Waals surface area contributed by atoms with Crippen molar-refractivity contribution in [3.63, 3.8) is 0 Å². The normalized spacial score (nSPS) is 10.5. The zero-order chi connectivity index (χ0) is 16.2. The number of hydrogen-bond acceptors (Lipinski definition) is 2. The van der Waals surface area contributed by atoms with E-state index in [4.69, 9.17) is 11.6 Å². The second kappa shape index (κ2) is 6.62. The summed E-state index contributed by atoms with van der Waals surface area (Å²) in [5, 5.41) is 7.59. The Bertz CT molecular complexity index is 813. The molecule has 0 atom stereocenters. The van der Waals surface area contributed by atoms with Gasteiger partial charge in [-0.1, -0.05) is 23.7 Å². The Kier molecular flexibility index (Phi) is 4.39. The molecule has 0 aliphatic carbocycles. The molecule has 0 bridgehead atoms. The van der Waals surface area contributed by atoms with Gasteiger partial charge in [0.2, 0.25) is 0 Å². The lowest BCUT2D eigenvalue weighted by Gasteiger charge is -2.04. The minimum Gasteiger partial charge on any atom is -0.348 e. The number of aromatic nitrogens is 2. The van der Waals surface area contributed by atoms with Gasteiger partial charge < -0.3 is 5.32 Å². The number of amides is 1. The van der Waals surface area contributed by atoms with E-state index in [0.29, 0.717) is 22.8 Å². The smallest absolute Gasteiger partial charge is 0.254 e. The van der Waals surface area contributed by atoms with E-state index in [1.807, 2.05) is 12.1 Å². The molecule has 0 fully saturated rings. The van der Waals surface area contributed by atoms with Gasteiger partial charge in [-0.05, 0) is 42.0 Å². The van der Waals surface area contributed by atoms with E-state index >= 15 is 0 Å². The summed E-state index contributed by atoms with van der Waals surface area (Å²) in [6, 6.07) is 13.1. The summed E-state index contributed by atoms with van der Waals surface area (Å²) in [5.41, 5.74) is 2.07. The van der Waals surface area contributed by atoms with Gasteiger partial charge in [0.1, 0.15) is 5.82 Å². The third-order valence-electron chi connectivity index (χ3n) is 3.30. The van der Waals surface area contributed by atoms with Crippen LogP contribution >= 0.6 is 11.6 Å². The number of hydrogen-bond donors (Lipinski definition) is 1. The lowest BCUT2D eigenvalue weighted by molar-refractivity contribution is 0.0951. The molecule has 1 amide bonds. The number of nitrogens with one attached hydrogen (secondary N) is 1. The predicted octanol–water partition coefficient (Wildman–Crippen LogP) is 3.59. The van der Waals surface area contributed by atoms with Crippen molar-refractivity contribution in [1.29, 1.82) is 0 Å². The number of carbonyl (C=O) groups excluding carboxylic acids is 1. The second-order valence-corrected chi connectivity index (χ2v) is 5.40. The van der Waals surface area contributed by atoms with Gasteiger partial charge in [0.25, 0.3) is 5.91 Å². The predicted molar refractivity (Wildman–Crippen MR) is 86.1 cm³/mol. The zero-order valence-corrected chi connectivity index (χ0v) is 12.8. The Balaban J connectivity index is 1.66. The number of rotatable bonds is 4. The van der Waals surface area contributed by atoms with E-state index in [9.17, 15) is 9.18 Å². The molecule has 0 unspecified atom stereocenters. The van der Waals surface area contributed by atoms with E-state index in [1.165, 1.54) is 23.0 Å². The van der Waals surface area contributed by atoms with Gasteiger partial charge in [-0.2, -0.15) is 5.10 Å². The summed E-state index contributed by atoms with van der Waals surface area (Å²) in [6.07, 6.45) is 3.07. The van der Waals surface area contributed by atoms with Gasteiger partial charge >= 0.3 is 0 Å². The molecule has 3 aromatic rings. The van der Waals surface area contributed by atoms with Crippen LogP contribution in [0, 0.1) is 5.82 Å². The van der Waals surface area contributed by atoms with Crippen molar-refractivity contribution < 1.29 is 9.18 Å². The van der Waals surface area contributed by atoms with Gasteiger partial charge in [0.05, 0.1) is 17.4 Å². The van der Waals surface area contributed by atoms with Gasteiger partial charge in [0.15, 0.2) is 0 Å². The molecule has 23 heavy (non-hydrogen) atoms. The highest BCUT2D eigenvalue weighted by molar-refractivity contribution is 6.30. The maximum absolute atomic E-state index is 12.9. The molecule has 4 nitrogen and oxygen atoms in total. The van der Waals surface area contributed by atoms with Crippen LogP contribution in [0.15, 0.2) is 60.9 Å². The number of nitrogens with zero attached hydrogens (tertiary/aromatic N) is 2. The maximum Gasteiger partial charge on any atom is 0.254 e. The molecule has 6 heteroatoms. The minimum atomic E-state index is -0.318. The Hall–Kier alpha value is -2.66. The summed E-state index contributed by atoms with van der Waals surface area (Å²) in [5.74, 6) is -0.546. The van der Waals surface area contributed by atoms with E-state index in [2.05, 4.69) is 10.4 Å². The first kappa shape index (κ1) is 15.2. The zero-order valence-electron chi connectivity index (χ0n) is 12.0. The molecule has 1 N–H and O–H groups in total. The molecule has 0 saturated heterocycles. The van der Waals surface area contributed by atoms with Crippen LogP contribution in [0.3, 0.4) is 0 Å². The molecular formula is C17H13ClFN3O. The first-order valence-corrected chi connectivity index (χ1v) is 7.33. The first-order valence-electron chi connectivity index (χ1n) is 6.95. The van der Waals surface area contributed by atoms with Crippen molar-refractivity contribution in [3.05, 3.63) is 82.9 Å². The highest BCUT2D eigenvalue weighted by Gasteiger charge is 2.09. The van der Waals surface area contributed by atoms with Crippen LogP contribution in [0.1, 0.15) is 15.9 Å². The molecule has 0 aliphatic heterocycles. The molecule has 1 heterocycles. The third-order valence-corrected chi connectivity index (χ3v) is 3.55. The second-order valence-electron chi connectivity index (χ2n) is 4.96. The Labute approximate surface area is 137 Å². The first-order chi connectivity index (χ1) is 11.1. The lowest BCUT2D eigenvalue weighted by atomic mass is 10.2. The SMILES string of the molecule is O=C(NCc1ccc(Cl)cc1)c1cnn(-c2ccc(F)cc2)c1. The summed E-state index contributed by atoms with van der Waals surface area (Å²) in [7, 11) is 0. The number of benzene rings is 2. The highest BCUT2D eigenvalue weighted by atomic mass is 35.5. The number of halogens is 2. The van der Waals surface area contributed by atoms with E-state index in [-0.39, 0.29) is 11.7 Å². The molecular weight excluding hydrogens is 317 g/mol. The van der Waals surface area contributed by atoms with Gasteiger partial charge in [0, 0.05) is 17.8 Å². The molecule has 116 valence electrons. The van der Waals surface area contributed by atoms with Crippen LogP contribution in [0.4, 0.5) is 4.39 Å². The molecule has 0 saturated carbocycles. The summed E-state index contributed by atoms with van der Waals surface area (Å²) >= 11 is 5.82. The fourth-order valence-corrected chi connectivity index (χ4v) is 2.19. The van der Waals surface area contributed by atoms with Crippen LogP contribution in [-0.4, -0.2) is 15.7 Å². The summed E-state index contributed by atoms with van der Waals surface area (Å²) in [6.45, 7) is 0.401. The minimum absolute atomic E-state index is 0.228. The largest absolute Gasteiger partial charge is 0.348 e. The Morgan fingerprint density at radius 3 is 2.52 bits per heavy atom. The standard InChI is InChI=1S/C17H13ClFN3O/c18-14-3-1-12(2-4-14)9-20-17(23)13-10-21-22(11-13)16-7-5-15(19)6-8-16/h1-8,10-11H,9H2,(H,20,23). The lowest BCUT2D eigenvalue weighted by Crippen LogP contribution is -2.22. The molecule has 3 rings (SSSR count). The van der Waals surface area contributed by atoms with Gasteiger partial charge in [-0.25, -0.2) is 9.07 Å². The highest BCUT2D eigenvalue weighted by Crippen LogP contribution is 2.11. The Morgan fingerprint density at radius 2 is 1.83 bits per heavy atom. The van der Waals surface area contributed by atoms with E-state index in [1.54, 1.807) is 30.5 Å². The van der Waals surface area contributed by atoms with Crippen molar-refractivity contribution in [3.8, 4) is 5.69 Å².